The molecule has 1 aliphatic heterocycles. The number of nitrogens with zero attached hydrogens (tertiary/aromatic N) is 1. The summed E-state index contributed by atoms with van der Waals surface area (Å²) in [4.78, 5) is 14.7. The van der Waals surface area contributed by atoms with E-state index in [1.54, 1.807) is 0 Å². The quantitative estimate of drug-likeness (QED) is 0.854. The Hall–Kier alpha value is -0.810. The Labute approximate surface area is 155 Å². The van der Waals surface area contributed by atoms with Crippen molar-refractivity contribution in [1.82, 2.24) is 15.5 Å². The van der Waals surface area contributed by atoms with Gasteiger partial charge in [-0.2, -0.15) is 0 Å². The first-order valence-electron chi connectivity index (χ1n) is 8.72. The van der Waals surface area contributed by atoms with Crippen LogP contribution in [0, 0.1) is 0 Å². The molecule has 2 aliphatic rings. The number of piperazine rings is 1. The maximum absolute atomic E-state index is 12.4. The van der Waals surface area contributed by atoms with Gasteiger partial charge in [0.25, 0.3) is 0 Å². The molecule has 1 aromatic carbocycles. The van der Waals surface area contributed by atoms with Crippen molar-refractivity contribution in [2.24, 2.45) is 0 Å². The normalized spacial score (nSPS) is 22.6. The second kappa shape index (κ2) is 9.62. The van der Waals surface area contributed by atoms with Crippen LogP contribution in [0.3, 0.4) is 0 Å². The summed E-state index contributed by atoms with van der Waals surface area (Å²) < 4.78 is 0. The Kier molecular flexibility index (Phi) is 7.82. The molecule has 2 fully saturated rings. The van der Waals surface area contributed by atoms with E-state index >= 15 is 0 Å². The molecule has 134 valence electrons. The average molecular weight is 372 g/mol. The molecule has 0 spiro atoms. The molecule has 2 N–H and O–H groups in total. The van der Waals surface area contributed by atoms with Crippen molar-refractivity contribution in [3.05, 3.63) is 34.9 Å². The second-order valence-corrected chi connectivity index (χ2v) is 7.08. The molecular weight excluding hydrogens is 345 g/mol. The van der Waals surface area contributed by atoms with E-state index in [0.717, 1.165) is 37.5 Å². The Balaban J connectivity index is 0.00000208. The van der Waals surface area contributed by atoms with Crippen LogP contribution in [-0.4, -0.2) is 43.0 Å². The molecule has 24 heavy (non-hydrogen) atoms. The Morgan fingerprint density at radius 1 is 1.29 bits per heavy atom. The molecule has 1 amide bonds. The molecule has 1 aliphatic carbocycles. The number of rotatable bonds is 4. The first kappa shape index (κ1) is 19.5. The molecule has 1 saturated heterocycles. The number of benzene rings is 1. The van der Waals surface area contributed by atoms with Crippen LogP contribution in [0.1, 0.15) is 43.7 Å². The van der Waals surface area contributed by atoms with Crippen molar-refractivity contribution in [3.63, 3.8) is 0 Å². The number of nitrogens with one attached hydrogen (secondary N) is 2. The fourth-order valence-electron chi connectivity index (χ4n) is 3.68. The molecule has 4 nitrogen and oxygen atoms in total. The molecule has 1 aromatic rings. The van der Waals surface area contributed by atoms with E-state index in [-0.39, 0.29) is 24.4 Å². The van der Waals surface area contributed by atoms with Crippen LogP contribution in [0.5, 0.6) is 0 Å². The van der Waals surface area contributed by atoms with Crippen molar-refractivity contribution in [2.75, 3.05) is 26.2 Å². The van der Waals surface area contributed by atoms with Crippen LogP contribution in [0.25, 0.3) is 0 Å². The number of halogens is 2. The fourth-order valence-corrected chi connectivity index (χ4v) is 3.88. The standard InChI is InChI=1S/C18H26ClN3O.ClH/c19-15-6-4-5-14(11-15)17-12-20-9-10-22(17)13-18(23)21-16-7-2-1-3-8-16;/h4-6,11,16-17,20H,1-3,7-10,12-13H2,(H,21,23);1H. The molecule has 0 aromatic heterocycles. The van der Waals surface area contributed by atoms with Gasteiger partial charge in [-0.15, -0.1) is 12.4 Å². The Bertz CT molecular complexity index is 535. The van der Waals surface area contributed by atoms with Gasteiger partial charge < -0.3 is 10.6 Å². The number of amides is 1. The van der Waals surface area contributed by atoms with Crippen LogP contribution < -0.4 is 10.6 Å². The van der Waals surface area contributed by atoms with Crippen LogP contribution >= 0.6 is 24.0 Å². The summed E-state index contributed by atoms with van der Waals surface area (Å²) in [6.45, 7) is 3.13. The van der Waals surface area contributed by atoms with Gasteiger partial charge in [0, 0.05) is 36.7 Å². The van der Waals surface area contributed by atoms with Crippen LogP contribution in [0.4, 0.5) is 0 Å². The van der Waals surface area contributed by atoms with Gasteiger partial charge in [0.05, 0.1) is 6.54 Å². The Morgan fingerprint density at radius 2 is 2.08 bits per heavy atom. The summed E-state index contributed by atoms with van der Waals surface area (Å²) in [5.41, 5.74) is 1.18. The van der Waals surface area contributed by atoms with E-state index in [1.165, 1.54) is 24.8 Å². The zero-order valence-corrected chi connectivity index (χ0v) is 15.5. The molecule has 1 atom stereocenters. The minimum absolute atomic E-state index is 0. The molecule has 1 heterocycles. The van der Waals surface area contributed by atoms with Gasteiger partial charge in [-0.25, -0.2) is 0 Å². The summed E-state index contributed by atoms with van der Waals surface area (Å²) in [5, 5.41) is 7.39. The summed E-state index contributed by atoms with van der Waals surface area (Å²) in [6, 6.07) is 8.55. The maximum Gasteiger partial charge on any atom is 0.234 e. The van der Waals surface area contributed by atoms with Crippen LogP contribution in [0.15, 0.2) is 24.3 Å². The summed E-state index contributed by atoms with van der Waals surface area (Å²) in [6.07, 6.45) is 6.05. The summed E-state index contributed by atoms with van der Waals surface area (Å²) in [7, 11) is 0. The first-order chi connectivity index (χ1) is 11.2. The fraction of sp³-hybridized carbons (Fsp3) is 0.611. The van der Waals surface area contributed by atoms with Crippen molar-refractivity contribution in [2.45, 2.75) is 44.2 Å². The van der Waals surface area contributed by atoms with Gasteiger partial charge in [0.15, 0.2) is 0 Å². The lowest BCUT2D eigenvalue weighted by molar-refractivity contribution is -0.124. The van der Waals surface area contributed by atoms with Crippen LogP contribution in [-0.2, 0) is 4.79 Å². The van der Waals surface area contributed by atoms with E-state index in [4.69, 9.17) is 11.6 Å². The Morgan fingerprint density at radius 3 is 2.83 bits per heavy atom. The summed E-state index contributed by atoms with van der Waals surface area (Å²) >= 11 is 6.13. The first-order valence-corrected chi connectivity index (χ1v) is 9.10. The number of hydrogen-bond donors (Lipinski definition) is 2. The van der Waals surface area contributed by atoms with Crippen molar-refractivity contribution in [3.8, 4) is 0 Å². The maximum atomic E-state index is 12.4. The minimum Gasteiger partial charge on any atom is -0.352 e. The molecule has 0 radical (unpaired) electrons. The van der Waals surface area contributed by atoms with Crippen molar-refractivity contribution in [1.29, 1.82) is 0 Å². The van der Waals surface area contributed by atoms with Gasteiger partial charge >= 0.3 is 0 Å². The number of hydrogen-bond acceptors (Lipinski definition) is 3. The minimum atomic E-state index is 0. The predicted molar refractivity (Wildman–Crippen MR) is 101 cm³/mol. The van der Waals surface area contributed by atoms with Crippen molar-refractivity contribution < 1.29 is 4.79 Å². The van der Waals surface area contributed by atoms with Gasteiger partial charge in [-0.3, -0.25) is 9.69 Å². The molecular formula is C18H27Cl2N3O. The highest BCUT2D eigenvalue weighted by Crippen LogP contribution is 2.24. The highest BCUT2D eigenvalue weighted by atomic mass is 35.5. The number of carbonyl (C=O) groups excluding carboxylic acids is 1. The molecule has 1 saturated carbocycles. The summed E-state index contributed by atoms with van der Waals surface area (Å²) in [5.74, 6) is 0.158. The lowest BCUT2D eigenvalue weighted by Gasteiger charge is -2.36. The lowest BCUT2D eigenvalue weighted by atomic mass is 9.95. The van der Waals surface area contributed by atoms with Crippen molar-refractivity contribution >= 4 is 29.9 Å². The van der Waals surface area contributed by atoms with Gasteiger partial charge in [0.1, 0.15) is 0 Å². The number of carbonyl (C=O) groups is 1. The van der Waals surface area contributed by atoms with Gasteiger partial charge in [0.2, 0.25) is 5.91 Å². The van der Waals surface area contributed by atoms with E-state index in [1.807, 2.05) is 18.2 Å². The zero-order chi connectivity index (χ0) is 16.1. The van der Waals surface area contributed by atoms with E-state index < -0.39 is 0 Å². The molecule has 6 heteroatoms. The second-order valence-electron chi connectivity index (χ2n) is 6.65. The molecule has 0 bridgehead atoms. The topological polar surface area (TPSA) is 44.4 Å². The van der Waals surface area contributed by atoms with E-state index in [9.17, 15) is 4.79 Å². The van der Waals surface area contributed by atoms with Crippen LogP contribution in [0.2, 0.25) is 5.02 Å². The SMILES string of the molecule is Cl.O=C(CN1CCNCC1c1cccc(Cl)c1)NC1CCCCC1. The monoisotopic (exact) mass is 371 g/mol. The third-order valence-corrected chi connectivity index (χ3v) is 5.14. The van der Waals surface area contributed by atoms with Gasteiger partial charge in [-0.05, 0) is 30.5 Å². The predicted octanol–water partition coefficient (Wildman–Crippen LogP) is 3.16. The smallest absolute Gasteiger partial charge is 0.234 e. The highest BCUT2D eigenvalue weighted by molar-refractivity contribution is 6.30. The third kappa shape index (κ3) is 5.35. The lowest BCUT2D eigenvalue weighted by Crippen LogP contribution is -2.50. The third-order valence-electron chi connectivity index (χ3n) is 4.90. The molecule has 1 unspecified atom stereocenters. The largest absolute Gasteiger partial charge is 0.352 e. The van der Waals surface area contributed by atoms with Gasteiger partial charge in [-0.1, -0.05) is 43.0 Å². The average Bonchev–Trinajstić information content (AvgIpc) is 2.56. The highest BCUT2D eigenvalue weighted by Gasteiger charge is 2.26. The molecule has 3 rings (SSSR count). The van der Waals surface area contributed by atoms with E-state index in [0.29, 0.717) is 12.6 Å². The zero-order valence-electron chi connectivity index (χ0n) is 14.0. The van der Waals surface area contributed by atoms with E-state index in [2.05, 4.69) is 21.6 Å².